The molecule has 0 spiro atoms. The van der Waals surface area contributed by atoms with Crippen LogP contribution in [0.2, 0.25) is 0 Å². The molecular weight excluding hydrogens is 308 g/mol. The van der Waals surface area contributed by atoms with Crippen molar-refractivity contribution in [2.75, 3.05) is 11.9 Å². The lowest BCUT2D eigenvalue weighted by Gasteiger charge is -2.21. The Morgan fingerprint density at radius 1 is 1.29 bits per heavy atom. The third-order valence-electron chi connectivity index (χ3n) is 3.51. The highest BCUT2D eigenvalue weighted by Gasteiger charge is 2.26. The lowest BCUT2D eigenvalue weighted by atomic mass is 10.0. The Kier molecular flexibility index (Phi) is 4.35. The predicted octanol–water partition coefficient (Wildman–Crippen LogP) is 2.49. The highest BCUT2D eigenvalue weighted by atomic mass is 16.4. The summed E-state index contributed by atoms with van der Waals surface area (Å²) < 4.78 is 6.83. The summed E-state index contributed by atoms with van der Waals surface area (Å²) in [6.07, 6.45) is 4.73. The third-order valence-corrected chi connectivity index (χ3v) is 3.51. The van der Waals surface area contributed by atoms with Gasteiger partial charge in [-0.2, -0.15) is 5.10 Å². The average Bonchev–Trinajstić information content (AvgIpc) is 3.26. The summed E-state index contributed by atoms with van der Waals surface area (Å²) >= 11 is 0. The summed E-state index contributed by atoms with van der Waals surface area (Å²) in [4.78, 5) is 12.0. The van der Waals surface area contributed by atoms with Crippen LogP contribution in [0.1, 0.15) is 12.7 Å². The van der Waals surface area contributed by atoms with E-state index < -0.39 is 11.6 Å². The van der Waals surface area contributed by atoms with Crippen molar-refractivity contribution in [2.45, 2.75) is 12.5 Å². The van der Waals surface area contributed by atoms with Gasteiger partial charge in [-0.05, 0) is 31.2 Å². The van der Waals surface area contributed by atoms with E-state index in [0.29, 0.717) is 11.4 Å². The van der Waals surface area contributed by atoms with Gasteiger partial charge in [0.05, 0.1) is 36.6 Å². The highest BCUT2D eigenvalue weighted by Crippen LogP contribution is 2.19. The van der Waals surface area contributed by atoms with E-state index in [4.69, 9.17) is 4.42 Å². The number of aromatic nitrogens is 2. The number of nitrogens with one attached hydrogen (secondary N) is 2. The van der Waals surface area contributed by atoms with Gasteiger partial charge in [-0.3, -0.25) is 0 Å². The number of rotatable bonds is 5. The molecule has 0 fully saturated rings. The number of aliphatic hydroxyl groups is 1. The molecule has 3 rings (SSSR count). The Morgan fingerprint density at radius 2 is 2.08 bits per heavy atom. The summed E-state index contributed by atoms with van der Waals surface area (Å²) in [6, 6.07) is 12.5. The van der Waals surface area contributed by atoms with Crippen molar-refractivity contribution in [3.8, 4) is 5.69 Å². The first-order chi connectivity index (χ1) is 11.5. The minimum Gasteiger partial charge on any atom is -0.466 e. The van der Waals surface area contributed by atoms with Gasteiger partial charge >= 0.3 is 6.03 Å². The van der Waals surface area contributed by atoms with Crippen LogP contribution in [0.3, 0.4) is 0 Å². The topological polar surface area (TPSA) is 92.3 Å². The lowest BCUT2D eigenvalue weighted by Crippen LogP contribution is -2.40. The molecule has 2 aromatic heterocycles. The van der Waals surface area contributed by atoms with Crippen molar-refractivity contribution < 1.29 is 14.3 Å². The molecule has 2 amide bonds. The maximum absolute atomic E-state index is 12.0. The van der Waals surface area contributed by atoms with Crippen LogP contribution in [-0.2, 0) is 5.60 Å². The average molecular weight is 326 g/mol. The van der Waals surface area contributed by atoms with E-state index >= 15 is 0 Å². The minimum atomic E-state index is -1.28. The van der Waals surface area contributed by atoms with Crippen LogP contribution in [0, 0.1) is 0 Å². The fourth-order valence-electron chi connectivity index (χ4n) is 2.21. The van der Waals surface area contributed by atoms with Crippen molar-refractivity contribution >= 4 is 11.7 Å². The molecule has 7 nitrogen and oxygen atoms in total. The predicted molar refractivity (Wildman–Crippen MR) is 88.9 cm³/mol. The van der Waals surface area contributed by atoms with E-state index in [1.807, 2.05) is 30.3 Å². The molecule has 7 heteroatoms. The number of para-hydroxylation sites is 1. The molecule has 0 radical (unpaired) electrons. The second-order valence-corrected chi connectivity index (χ2v) is 5.57. The number of carbonyl (C=O) groups excluding carboxylic acids is 1. The molecule has 0 aliphatic rings. The van der Waals surface area contributed by atoms with Gasteiger partial charge in [0.2, 0.25) is 0 Å². The molecule has 1 atom stereocenters. The zero-order valence-electron chi connectivity index (χ0n) is 13.1. The Labute approximate surface area is 138 Å². The van der Waals surface area contributed by atoms with Crippen LogP contribution < -0.4 is 10.6 Å². The summed E-state index contributed by atoms with van der Waals surface area (Å²) in [6.45, 7) is 1.58. The standard InChI is InChI=1S/C17H18N4O3/c1-17(23,15-8-5-9-24-15)12-18-16(22)20-13-10-19-21(11-13)14-6-3-2-4-7-14/h2-11,23H,12H2,1H3,(H2,18,20,22). The molecule has 0 saturated heterocycles. The number of benzene rings is 1. The van der Waals surface area contributed by atoms with Crippen molar-refractivity contribution in [2.24, 2.45) is 0 Å². The maximum Gasteiger partial charge on any atom is 0.319 e. The van der Waals surface area contributed by atoms with Crippen LogP contribution in [-0.4, -0.2) is 27.5 Å². The van der Waals surface area contributed by atoms with E-state index in [2.05, 4.69) is 15.7 Å². The summed E-state index contributed by atoms with van der Waals surface area (Å²) in [5, 5.41) is 19.8. The van der Waals surface area contributed by atoms with Crippen molar-refractivity contribution in [3.63, 3.8) is 0 Å². The second-order valence-electron chi connectivity index (χ2n) is 5.57. The molecule has 1 aromatic carbocycles. The third kappa shape index (κ3) is 3.64. The van der Waals surface area contributed by atoms with Gasteiger partial charge in [-0.25, -0.2) is 9.48 Å². The number of urea groups is 1. The van der Waals surface area contributed by atoms with Gasteiger partial charge in [-0.1, -0.05) is 18.2 Å². The molecule has 2 heterocycles. The smallest absolute Gasteiger partial charge is 0.319 e. The van der Waals surface area contributed by atoms with Crippen LogP contribution in [0.5, 0.6) is 0 Å². The van der Waals surface area contributed by atoms with E-state index in [1.165, 1.54) is 6.26 Å². The Hall–Kier alpha value is -3.06. The normalized spacial score (nSPS) is 13.2. The van der Waals surface area contributed by atoms with Crippen LogP contribution in [0.25, 0.3) is 5.69 Å². The zero-order valence-corrected chi connectivity index (χ0v) is 13.1. The van der Waals surface area contributed by atoms with Crippen molar-refractivity contribution in [3.05, 3.63) is 66.9 Å². The summed E-state index contributed by atoms with van der Waals surface area (Å²) in [5.74, 6) is 0.389. The van der Waals surface area contributed by atoms with Gasteiger partial charge in [0.15, 0.2) is 0 Å². The van der Waals surface area contributed by atoms with E-state index in [0.717, 1.165) is 5.69 Å². The monoisotopic (exact) mass is 326 g/mol. The SMILES string of the molecule is CC(O)(CNC(=O)Nc1cnn(-c2ccccc2)c1)c1ccco1. The fourth-order valence-corrected chi connectivity index (χ4v) is 2.21. The number of furan rings is 1. The van der Waals surface area contributed by atoms with Crippen LogP contribution >= 0.6 is 0 Å². The zero-order chi connectivity index (χ0) is 17.0. The summed E-state index contributed by atoms with van der Waals surface area (Å²) in [7, 11) is 0. The molecule has 3 aromatic rings. The number of hydrogen-bond donors (Lipinski definition) is 3. The summed E-state index contributed by atoms with van der Waals surface area (Å²) in [5.41, 5.74) is 0.162. The van der Waals surface area contributed by atoms with Gasteiger partial charge < -0.3 is 20.2 Å². The molecule has 0 bridgehead atoms. The number of hydrogen-bond acceptors (Lipinski definition) is 4. The number of nitrogens with zero attached hydrogens (tertiary/aromatic N) is 2. The fraction of sp³-hybridized carbons (Fsp3) is 0.176. The molecule has 0 saturated carbocycles. The first-order valence-corrected chi connectivity index (χ1v) is 7.46. The second kappa shape index (κ2) is 6.59. The Bertz CT molecular complexity index is 794. The van der Waals surface area contributed by atoms with Crippen LogP contribution in [0.15, 0.2) is 65.5 Å². The highest BCUT2D eigenvalue weighted by molar-refractivity contribution is 5.89. The molecular formula is C17H18N4O3. The number of anilines is 1. The number of amides is 2. The Balaban J connectivity index is 1.57. The van der Waals surface area contributed by atoms with E-state index in [9.17, 15) is 9.90 Å². The van der Waals surface area contributed by atoms with E-state index in [-0.39, 0.29) is 6.54 Å². The van der Waals surface area contributed by atoms with Gasteiger partial charge in [0.25, 0.3) is 0 Å². The largest absolute Gasteiger partial charge is 0.466 e. The molecule has 1 unspecified atom stereocenters. The number of carbonyl (C=O) groups is 1. The van der Waals surface area contributed by atoms with Crippen molar-refractivity contribution in [1.82, 2.24) is 15.1 Å². The minimum absolute atomic E-state index is 0.0131. The molecule has 0 aliphatic carbocycles. The lowest BCUT2D eigenvalue weighted by molar-refractivity contribution is 0.0372. The quantitative estimate of drug-likeness (QED) is 0.671. The van der Waals surface area contributed by atoms with E-state index in [1.54, 1.807) is 36.1 Å². The van der Waals surface area contributed by atoms with Gasteiger partial charge in [0.1, 0.15) is 11.4 Å². The molecule has 0 aliphatic heterocycles. The van der Waals surface area contributed by atoms with Gasteiger partial charge in [0, 0.05) is 0 Å². The molecule has 3 N–H and O–H groups in total. The van der Waals surface area contributed by atoms with Crippen molar-refractivity contribution in [1.29, 1.82) is 0 Å². The van der Waals surface area contributed by atoms with Crippen LogP contribution in [0.4, 0.5) is 10.5 Å². The Morgan fingerprint density at radius 3 is 2.79 bits per heavy atom. The van der Waals surface area contributed by atoms with Gasteiger partial charge in [-0.15, -0.1) is 0 Å². The first-order valence-electron chi connectivity index (χ1n) is 7.46. The molecule has 124 valence electrons. The first kappa shape index (κ1) is 15.8. The molecule has 24 heavy (non-hydrogen) atoms. The maximum atomic E-state index is 12.0.